The molecule has 22 heavy (non-hydrogen) atoms. The topological polar surface area (TPSA) is 54.4 Å². The van der Waals surface area contributed by atoms with E-state index in [-0.39, 0.29) is 11.6 Å². The van der Waals surface area contributed by atoms with E-state index < -0.39 is 5.60 Å². The Morgan fingerprint density at radius 3 is 2.36 bits per heavy atom. The fourth-order valence-electron chi connectivity index (χ4n) is 3.79. The molecule has 0 spiro atoms. The van der Waals surface area contributed by atoms with E-state index in [4.69, 9.17) is 0 Å². The van der Waals surface area contributed by atoms with E-state index in [1.807, 2.05) is 6.92 Å². The highest BCUT2D eigenvalue weighted by molar-refractivity contribution is 6.29. The molecule has 2 aliphatic rings. The first kappa shape index (κ1) is 13.4. The minimum absolute atomic E-state index is 0.0861. The number of carbonyl (C=O) groups is 2. The highest BCUT2D eigenvalue weighted by atomic mass is 16.3. The van der Waals surface area contributed by atoms with Crippen molar-refractivity contribution in [3.8, 4) is 0 Å². The minimum atomic E-state index is -0.921. The van der Waals surface area contributed by atoms with Crippen molar-refractivity contribution in [1.82, 2.24) is 0 Å². The van der Waals surface area contributed by atoms with Gasteiger partial charge in [0.15, 0.2) is 11.6 Å². The number of benzene rings is 2. The molecule has 0 radical (unpaired) electrons. The molecule has 4 rings (SSSR count). The average molecular weight is 292 g/mol. The number of fused-ring (bicyclic) bond motifs is 3. The summed E-state index contributed by atoms with van der Waals surface area (Å²) in [7, 11) is 0. The fraction of sp³-hybridized carbons (Fsp3) is 0.263. The lowest BCUT2D eigenvalue weighted by atomic mass is 9.79. The van der Waals surface area contributed by atoms with Gasteiger partial charge < -0.3 is 5.11 Å². The summed E-state index contributed by atoms with van der Waals surface area (Å²) in [4.78, 5) is 25.6. The largest absolute Gasteiger partial charge is 0.385 e. The SMILES string of the molecule is Cc1c2c(cc3c1C(=O)c1ccccc1C3=O)[C@@](C)(O)CC2. The Kier molecular flexibility index (Phi) is 2.52. The number of ketones is 2. The van der Waals surface area contributed by atoms with Crippen LogP contribution in [0, 0.1) is 6.92 Å². The number of rotatable bonds is 0. The number of carbonyl (C=O) groups excluding carboxylic acids is 2. The molecule has 0 aliphatic heterocycles. The first-order chi connectivity index (χ1) is 10.4. The first-order valence-electron chi connectivity index (χ1n) is 7.49. The molecule has 0 saturated heterocycles. The molecule has 1 atom stereocenters. The molecular weight excluding hydrogens is 276 g/mol. The van der Waals surface area contributed by atoms with E-state index in [9.17, 15) is 14.7 Å². The third-order valence-corrected chi connectivity index (χ3v) is 5.04. The van der Waals surface area contributed by atoms with Gasteiger partial charge in [0.25, 0.3) is 0 Å². The van der Waals surface area contributed by atoms with Crippen molar-refractivity contribution in [1.29, 1.82) is 0 Å². The van der Waals surface area contributed by atoms with Crippen LogP contribution in [0.3, 0.4) is 0 Å². The van der Waals surface area contributed by atoms with Crippen molar-refractivity contribution >= 4 is 11.6 Å². The smallest absolute Gasteiger partial charge is 0.194 e. The normalized spacial score (nSPS) is 22.3. The Morgan fingerprint density at radius 2 is 1.68 bits per heavy atom. The number of aliphatic hydroxyl groups is 1. The lowest BCUT2D eigenvalue weighted by Crippen LogP contribution is -2.24. The maximum absolute atomic E-state index is 12.8. The minimum Gasteiger partial charge on any atom is -0.385 e. The maximum Gasteiger partial charge on any atom is 0.194 e. The van der Waals surface area contributed by atoms with E-state index in [2.05, 4.69) is 0 Å². The van der Waals surface area contributed by atoms with Crippen molar-refractivity contribution in [2.45, 2.75) is 32.3 Å². The van der Waals surface area contributed by atoms with Gasteiger partial charge >= 0.3 is 0 Å². The molecule has 0 amide bonds. The molecule has 0 bridgehead atoms. The average Bonchev–Trinajstić information content (AvgIpc) is 2.80. The molecule has 3 heteroatoms. The van der Waals surface area contributed by atoms with Gasteiger partial charge in [0.1, 0.15) is 0 Å². The highest BCUT2D eigenvalue weighted by Gasteiger charge is 2.39. The van der Waals surface area contributed by atoms with Crippen LogP contribution in [-0.4, -0.2) is 16.7 Å². The van der Waals surface area contributed by atoms with Crippen LogP contribution in [0.2, 0.25) is 0 Å². The molecule has 2 aromatic rings. The van der Waals surface area contributed by atoms with Gasteiger partial charge in [-0.05, 0) is 49.4 Å². The van der Waals surface area contributed by atoms with Gasteiger partial charge in [-0.25, -0.2) is 0 Å². The molecule has 0 heterocycles. The Hall–Kier alpha value is -2.26. The molecule has 2 aliphatic carbocycles. The lowest BCUT2D eigenvalue weighted by molar-refractivity contribution is 0.0594. The predicted octanol–water partition coefficient (Wildman–Crippen LogP) is 2.92. The van der Waals surface area contributed by atoms with Gasteiger partial charge in [0, 0.05) is 22.3 Å². The molecule has 0 saturated carbocycles. The third kappa shape index (κ3) is 1.54. The molecule has 0 unspecified atom stereocenters. The summed E-state index contributed by atoms with van der Waals surface area (Å²) in [5.41, 5.74) is 3.62. The number of hydrogen-bond acceptors (Lipinski definition) is 3. The first-order valence-corrected chi connectivity index (χ1v) is 7.49. The van der Waals surface area contributed by atoms with Crippen LogP contribution in [0.25, 0.3) is 0 Å². The van der Waals surface area contributed by atoms with E-state index in [0.29, 0.717) is 28.7 Å². The van der Waals surface area contributed by atoms with Crippen molar-refractivity contribution in [3.63, 3.8) is 0 Å². The van der Waals surface area contributed by atoms with Gasteiger partial charge in [0.2, 0.25) is 0 Å². The predicted molar refractivity (Wildman–Crippen MR) is 82.4 cm³/mol. The molecule has 0 fully saturated rings. The van der Waals surface area contributed by atoms with E-state index in [1.54, 1.807) is 37.3 Å². The van der Waals surface area contributed by atoms with Gasteiger partial charge in [-0.15, -0.1) is 0 Å². The summed E-state index contributed by atoms with van der Waals surface area (Å²) in [6.45, 7) is 3.66. The van der Waals surface area contributed by atoms with Crippen LogP contribution >= 0.6 is 0 Å². The third-order valence-electron chi connectivity index (χ3n) is 5.04. The summed E-state index contributed by atoms with van der Waals surface area (Å²) >= 11 is 0. The van der Waals surface area contributed by atoms with Crippen LogP contribution in [0.1, 0.15) is 61.9 Å². The molecule has 1 N–H and O–H groups in total. The quantitative estimate of drug-likeness (QED) is 0.693. The van der Waals surface area contributed by atoms with Crippen molar-refractivity contribution in [2.75, 3.05) is 0 Å². The summed E-state index contributed by atoms with van der Waals surface area (Å²) in [5.74, 6) is -0.212. The van der Waals surface area contributed by atoms with E-state index in [0.717, 1.165) is 23.1 Å². The second-order valence-electron chi connectivity index (χ2n) is 6.43. The number of hydrogen-bond donors (Lipinski definition) is 1. The van der Waals surface area contributed by atoms with Gasteiger partial charge in [0.05, 0.1) is 5.60 Å². The van der Waals surface area contributed by atoms with Gasteiger partial charge in [-0.2, -0.15) is 0 Å². The van der Waals surface area contributed by atoms with Crippen LogP contribution in [0.5, 0.6) is 0 Å². The Balaban J connectivity index is 2.06. The molecular formula is C19H16O3. The molecule has 3 nitrogen and oxygen atoms in total. The second kappa shape index (κ2) is 4.14. The van der Waals surface area contributed by atoms with E-state index in [1.165, 1.54) is 0 Å². The zero-order chi connectivity index (χ0) is 15.6. The van der Waals surface area contributed by atoms with Crippen molar-refractivity contribution < 1.29 is 14.7 Å². The highest BCUT2D eigenvalue weighted by Crippen LogP contribution is 2.42. The van der Waals surface area contributed by atoms with Crippen LogP contribution in [-0.2, 0) is 12.0 Å². The summed E-state index contributed by atoms with van der Waals surface area (Å²) in [6.07, 6.45) is 1.37. The standard InChI is InChI=1S/C19H16O3/c1-10-11-7-8-19(2,22)15(11)9-14-16(10)18(21)13-6-4-3-5-12(13)17(14)20/h3-6,9,22H,7-8H2,1-2H3/t19-/m0/s1. The molecule has 110 valence electrons. The Morgan fingerprint density at radius 1 is 1.05 bits per heavy atom. The summed E-state index contributed by atoms with van der Waals surface area (Å²) < 4.78 is 0. The Labute approximate surface area is 128 Å². The molecule has 2 aromatic carbocycles. The molecule has 0 aromatic heterocycles. The summed E-state index contributed by atoms with van der Waals surface area (Å²) in [5, 5.41) is 10.5. The van der Waals surface area contributed by atoms with Gasteiger partial charge in [-0.3, -0.25) is 9.59 Å². The van der Waals surface area contributed by atoms with Crippen molar-refractivity contribution in [3.05, 3.63) is 69.3 Å². The van der Waals surface area contributed by atoms with E-state index >= 15 is 0 Å². The van der Waals surface area contributed by atoms with Gasteiger partial charge in [-0.1, -0.05) is 24.3 Å². The maximum atomic E-state index is 12.8. The van der Waals surface area contributed by atoms with Crippen molar-refractivity contribution in [2.24, 2.45) is 0 Å². The lowest BCUT2D eigenvalue weighted by Gasteiger charge is -2.24. The summed E-state index contributed by atoms with van der Waals surface area (Å²) in [6, 6.07) is 8.69. The Bertz CT molecular complexity index is 859. The second-order valence-corrected chi connectivity index (χ2v) is 6.43. The zero-order valence-corrected chi connectivity index (χ0v) is 12.6. The monoisotopic (exact) mass is 292 g/mol. The van der Waals surface area contributed by atoms with Crippen LogP contribution in [0.15, 0.2) is 30.3 Å². The fourth-order valence-corrected chi connectivity index (χ4v) is 3.79. The zero-order valence-electron chi connectivity index (χ0n) is 12.6. The van der Waals surface area contributed by atoms with Crippen LogP contribution in [0.4, 0.5) is 0 Å². The van der Waals surface area contributed by atoms with Crippen LogP contribution < -0.4 is 0 Å².